The summed E-state index contributed by atoms with van der Waals surface area (Å²) in [7, 11) is 0. The van der Waals surface area contributed by atoms with Gasteiger partial charge >= 0.3 is 0 Å². The number of carbonyl (C=O) groups excluding carboxylic acids is 1. The van der Waals surface area contributed by atoms with Crippen LogP contribution in [0.15, 0.2) is 60.7 Å². The van der Waals surface area contributed by atoms with Crippen LogP contribution < -0.4 is 5.32 Å². The van der Waals surface area contributed by atoms with Crippen LogP contribution >= 0.6 is 0 Å². The molecule has 1 heterocycles. The Morgan fingerprint density at radius 1 is 1.12 bits per heavy atom. The predicted molar refractivity (Wildman–Crippen MR) is 92.5 cm³/mol. The normalized spacial score (nSPS) is 10.6. The molecule has 2 aromatic carbocycles. The number of nitrogens with one attached hydrogen (secondary N) is 1. The summed E-state index contributed by atoms with van der Waals surface area (Å²) in [6.07, 6.45) is 1.18. The lowest BCUT2D eigenvalue weighted by Gasteiger charge is -2.08. The van der Waals surface area contributed by atoms with E-state index in [1.807, 2.05) is 37.3 Å². The Morgan fingerprint density at radius 3 is 2.62 bits per heavy atom. The summed E-state index contributed by atoms with van der Waals surface area (Å²) in [6.45, 7) is 1.94. The van der Waals surface area contributed by atoms with Gasteiger partial charge in [0.05, 0.1) is 11.4 Å². The van der Waals surface area contributed by atoms with Crippen LogP contribution in [0.2, 0.25) is 0 Å². The van der Waals surface area contributed by atoms with E-state index >= 15 is 0 Å². The van der Waals surface area contributed by atoms with Gasteiger partial charge in [-0.25, -0.2) is 9.07 Å². The zero-order valence-corrected chi connectivity index (χ0v) is 13.4. The number of hydrogen-bond donors (Lipinski definition) is 1. The van der Waals surface area contributed by atoms with Crippen LogP contribution in [0.25, 0.3) is 16.9 Å². The molecule has 122 valence electrons. The topological polar surface area (TPSA) is 46.9 Å². The highest BCUT2D eigenvalue weighted by atomic mass is 19.1. The van der Waals surface area contributed by atoms with Crippen LogP contribution in [0.3, 0.4) is 0 Å². The van der Waals surface area contributed by atoms with Crippen LogP contribution in [-0.2, 0) is 4.79 Å². The molecule has 0 atom stereocenters. The van der Waals surface area contributed by atoms with Gasteiger partial charge in [-0.1, -0.05) is 43.3 Å². The van der Waals surface area contributed by atoms with Crippen molar-refractivity contribution in [2.24, 2.45) is 0 Å². The van der Waals surface area contributed by atoms with Crippen molar-refractivity contribution < 1.29 is 9.18 Å². The van der Waals surface area contributed by atoms with Crippen molar-refractivity contribution >= 4 is 11.7 Å². The second-order valence-corrected chi connectivity index (χ2v) is 5.47. The zero-order valence-electron chi connectivity index (χ0n) is 13.4. The largest absolute Gasteiger partial charge is 0.311 e. The van der Waals surface area contributed by atoms with E-state index in [-0.39, 0.29) is 11.7 Å². The molecule has 0 saturated carbocycles. The molecular weight excluding hydrogens is 305 g/mol. The van der Waals surface area contributed by atoms with Gasteiger partial charge < -0.3 is 5.32 Å². The Morgan fingerprint density at radius 2 is 1.92 bits per heavy atom. The third kappa shape index (κ3) is 3.51. The molecule has 0 saturated heterocycles. The van der Waals surface area contributed by atoms with Gasteiger partial charge in [0.2, 0.25) is 5.91 Å². The molecule has 3 aromatic rings. The number of rotatable bonds is 5. The number of nitrogens with zero attached hydrogens (tertiary/aromatic N) is 2. The number of carbonyl (C=O) groups is 1. The zero-order chi connectivity index (χ0) is 16.9. The van der Waals surface area contributed by atoms with Crippen molar-refractivity contribution in [2.45, 2.75) is 19.8 Å². The molecule has 0 fully saturated rings. The van der Waals surface area contributed by atoms with E-state index in [9.17, 15) is 9.18 Å². The van der Waals surface area contributed by atoms with Crippen molar-refractivity contribution in [3.05, 3.63) is 66.5 Å². The molecule has 24 heavy (non-hydrogen) atoms. The standard InChI is InChI=1S/C19H18FN3O/c1-2-7-19(24)21-18-13-17(14-8-4-3-5-9-14)22-23(18)16-11-6-10-15(20)12-16/h3-6,8-13H,2,7H2,1H3,(H,21,24). The predicted octanol–water partition coefficient (Wildman–Crippen LogP) is 4.42. The van der Waals surface area contributed by atoms with Crippen molar-refractivity contribution in [3.8, 4) is 16.9 Å². The number of anilines is 1. The maximum Gasteiger partial charge on any atom is 0.225 e. The molecule has 0 unspecified atom stereocenters. The Balaban J connectivity index is 2.04. The highest BCUT2D eigenvalue weighted by molar-refractivity contribution is 5.90. The number of hydrogen-bond acceptors (Lipinski definition) is 2. The minimum Gasteiger partial charge on any atom is -0.311 e. The van der Waals surface area contributed by atoms with E-state index in [1.54, 1.807) is 22.9 Å². The van der Waals surface area contributed by atoms with Crippen LogP contribution in [0.4, 0.5) is 10.2 Å². The minimum absolute atomic E-state index is 0.0883. The molecule has 4 nitrogen and oxygen atoms in total. The Kier molecular flexibility index (Phi) is 4.70. The van der Waals surface area contributed by atoms with Gasteiger partial charge in [0.15, 0.2) is 0 Å². The summed E-state index contributed by atoms with van der Waals surface area (Å²) in [5.74, 6) is 0.0858. The van der Waals surface area contributed by atoms with E-state index in [1.165, 1.54) is 12.1 Å². The fraction of sp³-hybridized carbons (Fsp3) is 0.158. The fourth-order valence-corrected chi connectivity index (χ4v) is 2.46. The van der Waals surface area contributed by atoms with Gasteiger partial charge in [0.25, 0.3) is 0 Å². The second-order valence-electron chi connectivity index (χ2n) is 5.47. The van der Waals surface area contributed by atoms with E-state index in [0.717, 1.165) is 12.0 Å². The van der Waals surface area contributed by atoms with Crippen LogP contribution in [0.1, 0.15) is 19.8 Å². The van der Waals surface area contributed by atoms with Crippen molar-refractivity contribution in [3.63, 3.8) is 0 Å². The molecule has 5 heteroatoms. The van der Waals surface area contributed by atoms with Gasteiger partial charge in [-0.2, -0.15) is 5.10 Å². The van der Waals surface area contributed by atoms with Crippen LogP contribution in [0, 0.1) is 5.82 Å². The summed E-state index contributed by atoms with van der Waals surface area (Å²) in [5, 5.41) is 7.40. The van der Waals surface area contributed by atoms with Crippen molar-refractivity contribution in [2.75, 3.05) is 5.32 Å². The highest BCUT2D eigenvalue weighted by Crippen LogP contribution is 2.25. The second kappa shape index (κ2) is 7.08. The van der Waals surface area contributed by atoms with Crippen molar-refractivity contribution in [1.82, 2.24) is 9.78 Å². The average molecular weight is 323 g/mol. The number of aromatic nitrogens is 2. The summed E-state index contributed by atoms with van der Waals surface area (Å²) < 4.78 is 15.1. The number of halogens is 1. The van der Waals surface area contributed by atoms with E-state index in [4.69, 9.17) is 0 Å². The van der Waals surface area contributed by atoms with Crippen molar-refractivity contribution in [1.29, 1.82) is 0 Å². The maximum atomic E-state index is 13.6. The molecule has 0 bridgehead atoms. The summed E-state index contributed by atoms with van der Waals surface area (Å²) in [6, 6.07) is 17.6. The van der Waals surface area contributed by atoms with Crippen LogP contribution in [-0.4, -0.2) is 15.7 Å². The molecule has 0 aliphatic carbocycles. The molecule has 0 aliphatic heterocycles. The minimum atomic E-state index is -0.352. The molecular formula is C19H18FN3O. The Bertz CT molecular complexity index is 843. The van der Waals surface area contributed by atoms with Crippen LogP contribution in [0.5, 0.6) is 0 Å². The monoisotopic (exact) mass is 323 g/mol. The molecule has 3 rings (SSSR count). The lowest BCUT2D eigenvalue weighted by molar-refractivity contribution is -0.116. The van der Waals surface area contributed by atoms with E-state index in [0.29, 0.717) is 23.6 Å². The molecule has 0 spiro atoms. The first kappa shape index (κ1) is 15.9. The Hall–Kier alpha value is -2.95. The molecule has 1 amide bonds. The maximum absolute atomic E-state index is 13.6. The quantitative estimate of drug-likeness (QED) is 0.755. The number of benzene rings is 2. The smallest absolute Gasteiger partial charge is 0.225 e. The molecule has 1 aromatic heterocycles. The third-order valence-corrected chi connectivity index (χ3v) is 3.58. The fourth-order valence-electron chi connectivity index (χ4n) is 2.46. The number of amides is 1. The molecule has 1 N–H and O–H groups in total. The lowest BCUT2D eigenvalue weighted by Crippen LogP contribution is -2.14. The summed E-state index contributed by atoms with van der Waals surface area (Å²) in [5.41, 5.74) is 2.20. The van der Waals surface area contributed by atoms with Gasteiger partial charge in [0.1, 0.15) is 11.6 Å². The molecule has 0 aliphatic rings. The van der Waals surface area contributed by atoms with Gasteiger partial charge in [-0.3, -0.25) is 4.79 Å². The first-order chi connectivity index (χ1) is 11.7. The first-order valence-electron chi connectivity index (χ1n) is 7.88. The third-order valence-electron chi connectivity index (χ3n) is 3.58. The summed E-state index contributed by atoms with van der Waals surface area (Å²) >= 11 is 0. The van der Waals surface area contributed by atoms with Gasteiger partial charge in [-0.15, -0.1) is 0 Å². The average Bonchev–Trinajstić information content (AvgIpc) is 2.99. The SMILES string of the molecule is CCCC(=O)Nc1cc(-c2ccccc2)nn1-c1cccc(F)c1. The lowest BCUT2D eigenvalue weighted by atomic mass is 10.1. The first-order valence-corrected chi connectivity index (χ1v) is 7.88. The Labute approximate surface area is 139 Å². The van der Waals surface area contributed by atoms with Gasteiger partial charge in [0, 0.05) is 18.1 Å². The van der Waals surface area contributed by atoms with Gasteiger partial charge in [-0.05, 0) is 24.6 Å². The molecule has 0 radical (unpaired) electrons. The summed E-state index contributed by atoms with van der Waals surface area (Å²) in [4.78, 5) is 12.0. The van der Waals surface area contributed by atoms with E-state index in [2.05, 4.69) is 10.4 Å². The highest BCUT2D eigenvalue weighted by Gasteiger charge is 2.13. The van der Waals surface area contributed by atoms with E-state index < -0.39 is 0 Å².